The molecule has 168 valence electrons. The number of piperidine rings is 1. The standard InChI is InChI=1S/C27H30FNO3/c28-14-6-5-11-26(30)18-15-19-12-13-20(16-18)29(19)27(31)32-17-25-23-9-3-1-7-21(23)22-8-2-4-10-24(22)25/h1-4,7-10,18-20,25H,5-6,11-17H2. The van der Waals surface area contributed by atoms with Crippen molar-refractivity contribution < 1.29 is 18.7 Å². The normalized spacial score (nSPS) is 23.7. The van der Waals surface area contributed by atoms with Gasteiger partial charge in [-0.15, -0.1) is 0 Å². The summed E-state index contributed by atoms with van der Waals surface area (Å²) >= 11 is 0. The maximum atomic E-state index is 13.1. The maximum absolute atomic E-state index is 13.1. The lowest BCUT2D eigenvalue weighted by Crippen LogP contribution is -2.48. The van der Waals surface area contributed by atoms with Crippen molar-refractivity contribution in [3.05, 3.63) is 59.7 Å². The fraction of sp³-hybridized carbons (Fsp3) is 0.481. The Morgan fingerprint density at radius 1 is 0.906 bits per heavy atom. The van der Waals surface area contributed by atoms with Crippen LogP contribution < -0.4 is 0 Å². The van der Waals surface area contributed by atoms with Gasteiger partial charge in [-0.2, -0.15) is 0 Å². The van der Waals surface area contributed by atoms with Crippen molar-refractivity contribution in [3.63, 3.8) is 0 Å². The average Bonchev–Trinajstić information content (AvgIpc) is 3.28. The summed E-state index contributed by atoms with van der Waals surface area (Å²) in [5.41, 5.74) is 4.86. The molecule has 2 aromatic rings. The topological polar surface area (TPSA) is 46.6 Å². The van der Waals surface area contributed by atoms with E-state index in [1.807, 2.05) is 29.2 Å². The number of halogens is 1. The second kappa shape index (κ2) is 9.05. The number of amides is 1. The summed E-state index contributed by atoms with van der Waals surface area (Å²) < 4.78 is 18.2. The Labute approximate surface area is 188 Å². The Morgan fingerprint density at radius 2 is 1.50 bits per heavy atom. The number of carbonyl (C=O) groups is 2. The van der Waals surface area contributed by atoms with Gasteiger partial charge in [-0.05, 0) is 60.8 Å². The fourth-order valence-electron chi connectivity index (χ4n) is 6.00. The van der Waals surface area contributed by atoms with Crippen LogP contribution in [-0.4, -0.2) is 42.1 Å². The minimum Gasteiger partial charge on any atom is -0.448 e. The first-order valence-corrected chi connectivity index (χ1v) is 11.9. The van der Waals surface area contributed by atoms with Gasteiger partial charge in [0.25, 0.3) is 0 Å². The van der Waals surface area contributed by atoms with E-state index in [0.717, 1.165) is 25.7 Å². The van der Waals surface area contributed by atoms with E-state index in [0.29, 0.717) is 25.9 Å². The van der Waals surface area contributed by atoms with Crippen molar-refractivity contribution in [1.29, 1.82) is 0 Å². The van der Waals surface area contributed by atoms with Crippen LogP contribution in [0.1, 0.15) is 62.0 Å². The van der Waals surface area contributed by atoms with Gasteiger partial charge in [0.15, 0.2) is 0 Å². The molecule has 0 radical (unpaired) electrons. The van der Waals surface area contributed by atoms with Gasteiger partial charge in [0.2, 0.25) is 0 Å². The lowest BCUT2D eigenvalue weighted by molar-refractivity contribution is -0.125. The smallest absolute Gasteiger partial charge is 0.410 e. The van der Waals surface area contributed by atoms with Crippen molar-refractivity contribution in [2.45, 2.75) is 62.9 Å². The quantitative estimate of drug-likeness (QED) is 0.510. The summed E-state index contributed by atoms with van der Waals surface area (Å²) in [6, 6.07) is 16.8. The van der Waals surface area contributed by atoms with Crippen molar-refractivity contribution in [1.82, 2.24) is 4.90 Å². The molecular formula is C27H30FNO3. The fourth-order valence-corrected chi connectivity index (χ4v) is 6.00. The number of hydrogen-bond donors (Lipinski definition) is 0. The third-order valence-electron chi connectivity index (χ3n) is 7.54. The van der Waals surface area contributed by atoms with Crippen LogP contribution in [0.4, 0.5) is 9.18 Å². The number of hydrogen-bond acceptors (Lipinski definition) is 3. The highest BCUT2D eigenvalue weighted by atomic mass is 19.1. The Balaban J connectivity index is 1.23. The zero-order valence-electron chi connectivity index (χ0n) is 18.3. The molecule has 2 fully saturated rings. The molecule has 2 unspecified atom stereocenters. The van der Waals surface area contributed by atoms with Crippen molar-refractivity contribution in [2.75, 3.05) is 13.3 Å². The predicted octanol–water partition coefficient (Wildman–Crippen LogP) is 5.89. The van der Waals surface area contributed by atoms with E-state index in [-0.39, 0.29) is 42.5 Å². The minimum absolute atomic E-state index is 0.00440. The Morgan fingerprint density at radius 3 is 2.09 bits per heavy atom. The molecule has 5 heteroatoms. The molecule has 2 bridgehead atoms. The molecule has 0 aromatic heterocycles. The van der Waals surface area contributed by atoms with Gasteiger partial charge in [-0.1, -0.05) is 48.5 Å². The Kier molecular flexibility index (Phi) is 5.99. The molecule has 2 aromatic carbocycles. The van der Waals surface area contributed by atoms with E-state index in [4.69, 9.17) is 4.74 Å². The monoisotopic (exact) mass is 435 g/mol. The molecule has 0 saturated carbocycles. The molecule has 32 heavy (non-hydrogen) atoms. The van der Waals surface area contributed by atoms with Gasteiger partial charge < -0.3 is 9.64 Å². The van der Waals surface area contributed by atoms with E-state index in [9.17, 15) is 14.0 Å². The number of alkyl halides is 1. The number of ether oxygens (including phenoxy) is 1. The number of benzene rings is 2. The molecule has 3 aliphatic rings. The second-order valence-corrected chi connectivity index (χ2v) is 9.38. The summed E-state index contributed by atoms with van der Waals surface area (Å²) in [5.74, 6) is 0.297. The molecular weight excluding hydrogens is 405 g/mol. The Bertz CT molecular complexity index is 946. The van der Waals surface area contributed by atoms with Crippen LogP contribution in [0.3, 0.4) is 0 Å². The number of unbranched alkanes of at least 4 members (excludes halogenated alkanes) is 1. The zero-order chi connectivity index (χ0) is 22.1. The van der Waals surface area contributed by atoms with Gasteiger partial charge in [0, 0.05) is 30.3 Å². The Hall–Kier alpha value is -2.69. The summed E-state index contributed by atoms with van der Waals surface area (Å²) in [6.45, 7) is -0.0346. The van der Waals surface area contributed by atoms with E-state index >= 15 is 0 Å². The SMILES string of the molecule is O=C(CCCCF)C1CC2CCC(C1)N2C(=O)OCC1c2ccccc2-c2ccccc21. The average molecular weight is 436 g/mol. The molecule has 1 amide bonds. The molecule has 0 N–H and O–H groups in total. The largest absolute Gasteiger partial charge is 0.448 e. The second-order valence-electron chi connectivity index (χ2n) is 9.38. The molecule has 5 rings (SSSR count). The van der Waals surface area contributed by atoms with E-state index in [2.05, 4.69) is 24.3 Å². The first kappa shape index (κ1) is 21.2. The van der Waals surface area contributed by atoms with Crippen LogP contribution in [0.15, 0.2) is 48.5 Å². The van der Waals surface area contributed by atoms with Gasteiger partial charge in [-0.25, -0.2) is 4.79 Å². The van der Waals surface area contributed by atoms with Crippen LogP contribution in [0, 0.1) is 5.92 Å². The molecule has 1 aliphatic carbocycles. The number of carbonyl (C=O) groups excluding carboxylic acids is 2. The van der Waals surface area contributed by atoms with Gasteiger partial charge in [-0.3, -0.25) is 9.18 Å². The minimum atomic E-state index is -0.362. The number of Topliss-reactive ketones (excluding diaryl/α,β-unsaturated/α-hetero) is 1. The first-order chi connectivity index (χ1) is 15.7. The highest BCUT2D eigenvalue weighted by Crippen LogP contribution is 2.45. The lowest BCUT2D eigenvalue weighted by atomic mass is 9.86. The summed E-state index contributed by atoms with van der Waals surface area (Å²) in [6.07, 6.45) is 4.59. The van der Waals surface area contributed by atoms with E-state index < -0.39 is 0 Å². The zero-order valence-corrected chi connectivity index (χ0v) is 18.3. The molecule has 0 spiro atoms. The highest BCUT2D eigenvalue weighted by molar-refractivity contribution is 5.82. The van der Waals surface area contributed by atoms with Crippen LogP contribution in [0.25, 0.3) is 11.1 Å². The van der Waals surface area contributed by atoms with Crippen LogP contribution in [0.5, 0.6) is 0 Å². The highest BCUT2D eigenvalue weighted by Gasteiger charge is 2.45. The first-order valence-electron chi connectivity index (χ1n) is 11.9. The predicted molar refractivity (Wildman–Crippen MR) is 121 cm³/mol. The molecule has 2 aliphatic heterocycles. The van der Waals surface area contributed by atoms with Gasteiger partial charge >= 0.3 is 6.09 Å². The summed E-state index contributed by atoms with van der Waals surface area (Å²) in [5, 5.41) is 0. The number of ketones is 1. The molecule has 4 nitrogen and oxygen atoms in total. The van der Waals surface area contributed by atoms with Crippen LogP contribution >= 0.6 is 0 Å². The van der Waals surface area contributed by atoms with E-state index in [1.54, 1.807) is 0 Å². The maximum Gasteiger partial charge on any atom is 0.410 e. The number of rotatable bonds is 7. The third kappa shape index (κ3) is 3.82. The van der Waals surface area contributed by atoms with Crippen molar-refractivity contribution >= 4 is 11.9 Å². The number of nitrogens with zero attached hydrogens (tertiary/aromatic N) is 1. The van der Waals surface area contributed by atoms with Crippen molar-refractivity contribution in [3.8, 4) is 11.1 Å². The molecule has 2 heterocycles. The van der Waals surface area contributed by atoms with Gasteiger partial charge in [0.1, 0.15) is 12.4 Å². The van der Waals surface area contributed by atoms with Crippen LogP contribution in [0.2, 0.25) is 0 Å². The molecule has 2 saturated heterocycles. The summed E-state index contributed by atoms with van der Waals surface area (Å²) in [4.78, 5) is 27.5. The third-order valence-corrected chi connectivity index (χ3v) is 7.54. The summed E-state index contributed by atoms with van der Waals surface area (Å²) in [7, 11) is 0. The van der Waals surface area contributed by atoms with E-state index in [1.165, 1.54) is 22.3 Å². The molecule has 2 atom stereocenters. The van der Waals surface area contributed by atoms with Gasteiger partial charge in [0.05, 0.1) is 6.67 Å². The van der Waals surface area contributed by atoms with Crippen molar-refractivity contribution in [2.24, 2.45) is 5.92 Å². The number of fused-ring (bicyclic) bond motifs is 5. The lowest BCUT2D eigenvalue weighted by Gasteiger charge is -2.37. The van der Waals surface area contributed by atoms with Crippen LogP contribution in [-0.2, 0) is 9.53 Å².